The van der Waals surface area contributed by atoms with E-state index < -0.39 is 11.9 Å². The number of carboxylic acids is 1. The molecule has 0 saturated heterocycles. The Hall–Kier alpha value is -1.58. The highest BCUT2D eigenvalue weighted by Gasteiger charge is 2.19. The topological polar surface area (TPSA) is 76.2 Å². The first-order valence-electron chi connectivity index (χ1n) is 4.09. The number of hydrogen-bond donors (Lipinski definition) is 2. The molecule has 1 rings (SSSR count). The van der Waals surface area contributed by atoms with Gasteiger partial charge in [-0.1, -0.05) is 6.92 Å². The van der Waals surface area contributed by atoms with Crippen molar-refractivity contribution in [1.29, 1.82) is 0 Å². The lowest BCUT2D eigenvalue weighted by Gasteiger charge is -2.11. The lowest BCUT2D eigenvalue weighted by Crippen LogP contribution is -2.12. The molecule has 4 heteroatoms. The predicted molar refractivity (Wildman–Crippen MR) is 49.3 cm³/mol. The third-order valence-electron chi connectivity index (χ3n) is 1.97. The number of aliphatic carboxylic acids is 1. The quantitative estimate of drug-likeness (QED) is 0.733. The summed E-state index contributed by atoms with van der Waals surface area (Å²) in [6.45, 7) is 1.82. The first-order valence-corrected chi connectivity index (χ1v) is 4.09. The minimum atomic E-state index is -0.847. The van der Waals surface area contributed by atoms with Crippen LogP contribution in [0.25, 0.3) is 0 Å². The third-order valence-corrected chi connectivity index (χ3v) is 1.97. The molecule has 0 aliphatic carbocycles. The molecule has 1 aromatic rings. The van der Waals surface area contributed by atoms with Gasteiger partial charge < -0.3 is 10.8 Å². The molecule has 0 aliphatic heterocycles. The molecule has 0 saturated carbocycles. The van der Waals surface area contributed by atoms with E-state index in [1.165, 1.54) is 6.20 Å². The molecule has 0 aromatic carbocycles. The molecule has 3 N–H and O–H groups in total. The van der Waals surface area contributed by atoms with Crippen molar-refractivity contribution in [3.8, 4) is 0 Å². The van der Waals surface area contributed by atoms with Crippen molar-refractivity contribution in [1.82, 2.24) is 4.98 Å². The molecule has 0 amide bonds. The monoisotopic (exact) mass is 180 g/mol. The average molecular weight is 180 g/mol. The molecule has 1 heterocycles. The van der Waals surface area contributed by atoms with E-state index in [0.717, 1.165) is 0 Å². The highest BCUT2D eigenvalue weighted by Crippen LogP contribution is 2.23. The maximum Gasteiger partial charge on any atom is 0.311 e. The normalized spacial score (nSPS) is 12.4. The summed E-state index contributed by atoms with van der Waals surface area (Å²) in [5.74, 6) is -1.37. The molecule has 13 heavy (non-hydrogen) atoms. The highest BCUT2D eigenvalue weighted by molar-refractivity contribution is 5.78. The van der Waals surface area contributed by atoms with E-state index in [-0.39, 0.29) is 0 Å². The van der Waals surface area contributed by atoms with Crippen molar-refractivity contribution >= 4 is 11.7 Å². The van der Waals surface area contributed by atoms with Crippen molar-refractivity contribution in [2.75, 3.05) is 5.73 Å². The van der Waals surface area contributed by atoms with Crippen LogP contribution in [0.5, 0.6) is 0 Å². The van der Waals surface area contributed by atoms with Crippen molar-refractivity contribution in [3.63, 3.8) is 0 Å². The van der Waals surface area contributed by atoms with Gasteiger partial charge in [0.25, 0.3) is 0 Å². The summed E-state index contributed by atoms with van der Waals surface area (Å²) >= 11 is 0. The summed E-state index contributed by atoms with van der Waals surface area (Å²) in [6.07, 6.45) is 3.56. The number of hydrogen-bond acceptors (Lipinski definition) is 3. The molecule has 0 radical (unpaired) electrons. The molecule has 0 aliphatic rings. The molecular formula is C9H12N2O2. The Labute approximate surface area is 76.4 Å². The van der Waals surface area contributed by atoms with Crippen molar-refractivity contribution in [2.24, 2.45) is 0 Å². The lowest BCUT2D eigenvalue weighted by molar-refractivity contribution is -0.138. The molecular weight excluding hydrogens is 168 g/mol. The fourth-order valence-corrected chi connectivity index (χ4v) is 1.26. The molecule has 4 nitrogen and oxygen atoms in total. The zero-order chi connectivity index (χ0) is 9.84. The Bertz CT molecular complexity index is 312. The van der Waals surface area contributed by atoms with Gasteiger partial charge in [0, 0.05) is 6.20 Å². The van der Waals surface area contributed by atoms with E-state index in [1.807, 2.05) is 6.92 Å². The summed E-state index contributed by atoms with van der Waals surface area (Å²) in [6, 6.07) is 1.65. The van der Waals surface area contributed by atoms with Crippen molar-refractivity contribution < 1.29 is 9.90 Å². The molecule has 0 fully saturated rings. The standard InChI is InChI=1S/C9H12N2O2/c1-2-6(9(12)13)7-3-4-11-5-8(7)10/h3-6H,2,10H2,1H3,(H,12,13). The predicted octanol–water partition coefficient (Wildman–Crippen LogP) is 1.24. The first-order chi connectivity index (χ1) is 6.16. The van der Waals surface area contributed by atoms with Gasteiger partial charge >= 0.3 is 5.97 Å². The van der Waals surface area contributed by atoms with Crippen LogP contribution in [0.2, 0.25) is 0 Å². The van der Waals surface area contributed by atoms with Crippen molar-refractivity contribution in [2.45, 2.75) is 19.3 Å². The summed E-state index contributed by atoms with van der Waals surface area (Å²) in [5, 5.41) is 8.88. The van der Waals surface area contributed by atoms with Gasteiger partial charge in [-0.05, 0) is 18.1 Å². The van der Waals surface area contributed by atoms with Crippen LogP contribution < -0.4 is 5.73 Å². The maximum absolute atomic E-state index is 10.8. The Morgan fingerprint density at radius 1 is 1.77 bits per heavy atom. The molecule has 1 aromatic heterocycles. The summed E-state index contributed by atoms with van der Waals surface area (Å²) in [4.78, 5) is 14.6. The number of anilines is 1. The third kappa shape index (κ3) is 1.96. The summed E-state index contributed by atoms with van der Waals surface area (Å²) in [5.41, 5.74) is 6.69. The number of nitrogens with zero attached hydrogens (tertiary/aromatic N) is 1. The van der Waals surface area contributed by atoms with Gasteiger partial charge in [-0.15, -0.1) is 0 Å². The summed E-state index contributed by atoms with van der Waals surface area (Å²) < 4.78 is 0. The Morgan fingerprint density at radius 3 is 2.92 bits per heavy atom. The molecule has 0 spiro atoms. The smallest absolute Gasteiger partial charge is 0.311 e. The molecule has 0 bridgehead atoms. The molecule has 1 atom stereocenters. The van der Waals surface area contributed by atoms with Gasteiger partial charge in [-0.2, -0.15) is 0 Å². The number of carboxylic acid groups (broad SMARTS) is 1. The van der Waals surface area contributed by atoms with Crippen LogP contribution in [-0.2, 0) is 4.79 Å². The van der Waals surface area contributed by atoms with E-state index in [0.29, 0.717) is 17.7 Å². The van der Waals surface area contributed by atoms with E-state index >= 15 is 0 Å². The van der Waals surface area contributed by atoms with E-state index in [1.54, 1.807) is 12.3 Å². The Balaban J connectivity index is 3.04. The maximum atomic E-state index is 10.8. The largest absolute Gasteiger partial charge is 0.481 e. The Morgan fingerprint density at radius 2 is 2.46 bits per heavy atom. The van der Waals surface area contributed by atoms with Crippen LogP contribution in [0.4, 0.5) is 5.69 Å². The van der Waals surface area contributed by atoms with Gasteiger partial charge in [-0.25, -0.2) is 0 Å². The zero-order valence-corrected chi connectivity index (χ0v) is 7.40. The fourth-order valence-electron chi connectivity index (χ4n) is 1.26. The van der Waals surface area contributed by atoms with Crippen LogP contribution in [0.1, 0.15) is 24.8 Å². The second-order valence-corrected chi connectivity index (χ2v) is 2.80. The van der Waals surface area contributed by atoms with Gasteiger partial charge in [0.05, 0.1) is 17.8 Å². The summed E-state index contributed by atoms with van der Waals surface area (Å²) in [7, 11) is 0. The minimum Gasteiger partial charge on any atom is -0.481 e. The highest BCUT2D eigenvalue weighted by atomic mass is 16.4. The van der Waals surface area contributed by atoms with Crippen LogP contribution in [-0.4, -0.2) is 16.1 Å². The van der Waals surface area contributed by atoms with Crippen molar-refractivity contribution in [3.05, 3.63) is 24.0 Å². The molecule has 1 unspecified atom stereocenters. The van der Waals surface area contributed by atoms with E-state index in [2.05, 4.69) is 4.98 Å². The first kappa shape index (κ1) is 9.51. The number of nitrogen functional groups attached to an aromatic ring is 1. The lowest BCUT2D eigenvalue weighted by atomic mass is 9.96. The van der Waals surface area contributed by atoms with Crippen LogP contribution in [0, 0.1) is 0 Å². The number of carbonyl (C=O) groups is 1. The molecule has 70 valence electrons. The van der Waals surface area contributed by atoms with Crippen LogP contribution in [0.3, 0.4) is 0 Å². The van der Waals surface area contributed by atoms with Gasteiger partial charge in [0.15, 0.2) is 0 Å². The van der Waals surface area contributed by atoms with Crippen LogP contribution >= 0.6 is 0 Å². The number of rotatable bonds is 3. The number of nitrogens with two attached hydrogens (primary N) is 1. The van der Waals surface area contributed by atoms with Crippen LogP contribution in [0.15, 0.2) is 18.5 Å². The van der Waals surface area contributed by atoms with Gasteiger partial charge in [0.1, 0.15) is 0 Å². The number of aromatic nitrogens is 1. The fraction of sp³-hybridized carbons (Fsp3) is 0.333. The SMILES string of the molecule is CCC(C(=O)O)c1ccncc1N. The second-order valence-electron chi connectivity index (χ2n) is 2.80. The zero-order valence-electron chi connectivity index (χ0n) is 7.40. The Kier molecular flexibility index (Phi) is 2.84. The minimum absolute atomic E-state index is 0.441. The second kappa shape index (κ2) is 3.89. The number of pyridine rings is 1. The van der Waals surface area contributed by atoms with Gasteiger partial charge in [-0.3, -0.25) is 9.78 Å². The van der Waals surface area contributed by atoms with Gasteiger partial charge in [0.2, 0.25) is 0 Å². The van der Waals surface area contributed by atoms with E-state index in [9.17, 15) is 4.79 Å². The average Bonchev–Trinajstić information content (AvgIpc) is 2.09. The van der Waals surface area contributed by atoms with E-state index in [4.69, 9.17) is 10.8 Å².